The monoisotopic (exact) mass is 419 g/mol. The molecule has 0 amide bonds. The molecule has 0 spiro atoms. The third-order valence-electron chi connectivity index (χ3n) is 4.83. The first-order valence-electron chi connectivity index (χ1n) is 9.44. The van der Waals surface area contributed by atoms with E-state index >= 15 is 0 Å². The number of alkyl halides is 3. The van der Waals surface area contributed by atoms with Crippen LogP contribution in [0.15, 0.2) is 30.6 Å². The van der Waals surface area contributed by atoms with Crippen LogP contribution in [-0.2, 0) is 10.9 Å². The summed E-state index contributed by atoms with van der Waals surface area (Å²) in [5.74, 6) is 0.00541. The summed E-state index contributed by atoms with van der Waals surface area (Å²) in [4.78, 5) is 15.4. The van der Waals surface area contributed by atoms with Crippen molar-refractivity contribution in [3.8, 4) is 11.3 Å². The molecule has 0 bridgehead atoms. The largest absolute Gasteiger partial charge is 0.419 e. The average molecular weight is 419 g/mol. The predicted molar refractivity (Wildman–Crippen MR) is 106 cm³/mol. The van der Waals surface area contributed by atoms with Crippen LogP contribution < -0.4 is 5.32 Å². The first-order valence-corrected chi connectivity index (χ1v) is 9.44. The molecule has 4 heterocycles. The molecular formula is C20H20F3N5O2. The maximum absolute atomic E-state index is 13.6. The summed E-state index contributed by atoms with van der Waals surface area (Å²) in [6, 6.07) is 3.12. The fourth-order valence-electron chi connectivity index (χ4n) is 3.27. The number of hydrogen-bond donors (Lipinski definition) is 3. The fraction of sp³-hybridized carbons (Fsp3) is 0.350. The van der Waals surface area contributed by atoms with E-state index in [4.69, 9.17) is 4.74 Å². The van der Waals surface area contributed by atoms with Gasteiger partial charge in [-0.2, -0.15) is 13.2 Å². The topological polar surface area (TPSA) is 96.0 Å². The Balaban J connectivity index is 1.80. The molecule has 0 fully saturated rings. The van der Waals surface area contributed by atoms with Crippen molar-refractivity contribution in [3.63, 3.8) is 0 Å². The van der Waals surface area contributed by atoms with Gasteiger partial charge in [0, 0.05) is 29.4 Å². The minimum absolute atomic E-state index is 0.00541. The molecule has 3 aromatic heterocycles. The molecule has 1 unspecified atom stereocenters. The highest BCUT2D eigenvalue weighted by Gasteiger charge is 2.36. The summed E-state index contributed by atoms with van der Waals surface area (Å²) in [6.45, 7) is 2.59. The lowest BCUT2D eigenvalue weighted by atomic mass is 10.0. The van der Waals surface area contributed by atoms with Gasteiger partial charge >= 0.3 is 6.18 Å². The van der Waals surface area contributed by atoms with Crippen molar-refractivity contribution in [2.45, 2.75) is 25.6 Å². The molecule has 3 N–H and O–H groups in total. The number of halogens is 3. The number of pyridine rings is 1. The lowest BCUT2D eigenvalue weighted by Gasteiger charge is -2.15. The second-order valence-corrected chi connectivity index (χ2v) is 7.03. The predicted octanol–water partition coefficient (Wildman–Crippen LogP) is 3.64. The number of ether oxygens (including phenoxy) is 1. The van der Waals surface area contributed by atoms with Crippen LogP contribution in [0.2, 0.25) is 0 Å². The Hall–Kier alpha value is -2.98. The van der Waals surface area contributed by atoms with Gasteiger partial charge in [-0.15, -0.1) is 0 Å². The number of rotatable bonds is 5. The van der Waals surface area contributed by atoms with E-state index in [9.17, 15) is 18.3 Å². The van der Waals surface area contributed by atoms with E-state index in [0.717, 1.165) is 23.9 Å². The number of anilines is 1. The summed E-state index contributed by atoms with van der Waals surface area (Å²) in [7, 11) is 0. The van der Waals surface area contributed by atoms with Crippen LogP contribution in [0.1, 0.15) is 24.6 Å². The van der Waals surface area contributed by atoms with Crippen LogP contribution in [0.3, 0.4) is 0 Å². The van der Waals surface area contributed by atoms with Crippen LogP contribution >= 0.6 is 0 Å². The summed E-state index contributed by atoms with van der Waals surface area (Å²) < 4.78 is 46.2. The Bertz CT molecular complexity index is 1090. The van der Waals surface area contributed by atoms with Gasteiger partial charge in [0.05, 0.1) is 31.2 Å². The molecule has 0 saturated carbocycles. The zero-order valence-electron chi connectivity index (χ0n) is 16.1. The van der Waals surface area contributed by atoms with Crippen LogP contribution in [0.4, 0.5) is 19.1 Å². The van der Waals surface area contributed by atoms with Crippen LogP contribution in [0.5, 0.6) is 0 Å². The van der Waals surface area contributed by atoms with Gasteiger partial charge in [0.2, 0.25) is 5.95 Å². The average Bonchev–Trinajstić information content (AvgIpc) is 3.16. The standard InChI is InChI=1S/C20H20F3N5O2/c1-11(10-29)26-19-25-9-15(20(21,22)23)17(28-19)14-8-24-18-13(14)2-3-16(27-18)12-4-6-30-7-5-12/h2-4,8-9,11,29H,5-7,10H2,1H3,(H,24,27)(H,25,26,28). The molecule has 4 rings (SSSR count). The van der Waals surface area contributed by atoms with Gasteiger partial charge in [0.1, 0.15) is 11.2 Å². The van der Waals surface area contributed by atoms with Crippen molar-refractivity contribution in [3.05, 3.63) is 41.9 Å². The molecule has 30 heavy (non-hydrogen) atoms. The minimum atomic E-state index is -4.62. The molecule has 1 aliphatic heterocycles. The normalized spacial score (nSPS) is 15.8. The molecule has 1 aliphatic rings. The van der Waals surface area contributed by atoms with Crippen molar-refractivity contribution >= 4 is 22.6 Å². The van der Waals surface area contributed by atoms with E-state index in [0.29, 0.717) is 24.2 Å². The molecule has 3 aromatic rings. The zero-order chi connectivity index (χ0) is 21.3. The van der Waals surface area contributed by atoms with E-state index < -0.39 is 17.8 Å². The maximum Gasteiger partial charge on any atom is 0.419 e. The van der Waals surface area contributed by atoms with E-state index in [1.807, 2.05) is 6.08 Å². The summed E-state index contributed by atoms with van der Waals surface area (Å²) in [5, 5.41) is 12.5. The van der Waals surface area contributed by atoms with Gasteiger partial charge in [-0.25, -0.2) is 15.0 Å². The quantitative estimate of drug-likeness (QED) is 0.585. The SMILES string of the molecule is CC(CO)Nc1ncc(C(F)(F)F)c(-c2c[nH]c3nc(C4=CCOCC4)ccc23)n1. The van der Waals surface area contributed by atoms with Gasteiger partial charge in [-0.05, 0) is 31.1 Å². The third kappa shape index (κ3) is 4.01. The second-order valence-electron chi connectivity index (χ2n) is 7.03. The maximum atomic E-state index is 13.6. The molecule has 158 valence electrons. The summed E-state index contributed by atoms with van der Waals surface area (Å²) >= 11 is 0. The number of hydrogen-bond acceptors (Lipinski definition) is 6. The Morgan fingerprint density at radius 1 is 1.30 bits per heavy atom. The minimum Gasteiger partial charge on any atom is -0.394 e. The van der Waals surface area contributed by atoms with Crippen molar-refractivity contribution in [2.24, 2.45) is 0 Å². The summed E-state index contributed by atoms with van der Waals surface area (Å²) in [6.07, 6.45) is 0.279. The number of nitrogens with one attached hydrogen (secondary N) is 2. The molecule has 1 atom stereocenters. The first kappa shape index (κ1) is 20.3. The zero-order valence-corrected chi connectivity index (χ0v) is 16.1. The first-order chi connectivity index (χ1) is 14.4. The van der Waals surface area contributed by atoms with Crippen molar-refractivity contribution in [1.82, 2.24) is 19.9 Å². The van der Waals surface area contributed by atoms with Crippen molar-refractivity contribution in [2.75, 3.05) is 25.1 Å². The van der Waals surface area contributed by atoms with Crippen LogP contribution in [0.25, 0.3) is 27.9 Å². The van der Waals surface area contributed by atoms with E-state index in [1.165, 1.54) is 6.20 Å². The molecule has 0 aliphatic carbocycles. The highest BCUT2D eigenvalue weighted by atomic mass is 19.4. The number of aliphatic hydroxyl groups excluding tert-OH is 1. The number of aromatic amines is 1. The number of aliphatic hydroxyl groups is 1. The third-order valence-corrected chi connectivity index (χ3v) is 4.83. The highest BCUT2D eigenvalue weighted by molar-refractivity contribution is 5.94. The second kappa shape index (κ2) is 8.04. The Morgan fingerprint density at radius 2 is 2.13 bits per heavy atom. The molecule has 0 aromatic carbocycles. The van der Waals surface area contributed by atoms with Gasteiger partial charge in [-0.3, -0.25) is 0 Å². The van der Waals surface area contributed by atoms with Crippen molar-refractivity contribution < 1.29 is 23.0 Å². The number of fused-ring (bicyclic) bond motifs is 1. The molecule has 0 radical (unpaired) electrons. The van der Waals surface area contributed by atoms with Crippen molar-refractivity contribution in [1.29, 1.82) is 0 Å². The van der Waals surface area contributed by atoms with Gasteiger partial charge in [0.25, 0.3) is 0 Å². The van der Waals surface area contributed by atoms with Gasteiger partial charge < -0.3 is 20.1 Å². The molecule has 10 heteroatoms. The lowest BCUT2D eigenvalue weighted by molar-refractivity contribution is -0.137. The molecule has 0 saturated heterocycles. The fourth-order valence-corrected chi connectivity index (χ4v) is 3.27. The van der Waals surface area contributed by atoms with Crippen LogP contribution in [-0.4, -0.2) is 50.9 Å². The number of H-pyrrole nitrogens is 1. The van der Waals surface area contributed by atoms with Gasteiger partial charge in [0.15, 0.2) is 0 Å². The van der Waals surface area contributed by atoms with E-state index in [1.54, 1.807) is 19.1 Å². The number of nitrogens with zero attached hydrogens (tertiary/aromatic N) is 3. The van der Waals surface area contributed by atoms with Gasteiger partial charge in [-0.1, -0.05) is 6.08 Å². The number of aromatic nitrogens is 4. The highest BCUT2D eigenvalue weighted by Crippen LogP contribution is 2.38. The Morgan fingerprint density at radius 3 is 2.83 bits per heavy atom. The van der Waals surface area contributed by atoms with E-state index in [2.05, 4.69) is 25.3 Å². The Kier molecular flexibility index (Phi) is 5.44. The molecular weight excluding hydrogens is 399 g/mol. The van der Waals surface area contributed by atoms with Crippen LogP contribution in [0, 0.1) is 0 Å². The van der Waals surface area contributed by atoms with E-state index in [-0.39, 0.29) is 23.8 Å². The lowest BCUT2D eigenvalue weighted by Crippen LogP contribution is -2.21. The Labute approximate surface area is 170 Å². The molecule has 7 nitrogen and oxygen atoms in total. The summed E-state index contributed by atoms with van der Waals surface area (Å²) in [5.41, 5.74) is 1.36. The smallest absolute Gasteiger partial charge is 0.394 e.